The van der Waals surface area contributed by atoms with E-state index in [1.807, 2.05) is 106 Å². The molecule has 0 aliphatic rings. The molecule has 0 aliphatic heterocycles. The number of amides is 3. The lowest BCUT2D eigenvalue weighted by atomic mass is 10.1. The molecule has 1 unspecified atom stereocenters. The molecule has 3 aromatic rings. The second-order valence-corrected chi connectivity index (χ2v) is 8.22. The minimum absolute atomic E-state index is 0.0224. The number of hydrogen-bond acceptors (Lipinski definition) is 2. The summed E-state index contributed by atoms with van der Waals surface area (Å²) in [6, 6.07) is 27.2. The molecule has 0 aliphatic carbocycles. The molecule has 0 radical (unpaired) electrons. The van der Waals surface area contributed by atoms with Crippen LogP contribution in [0, 0.1) is 0 Å². The molecule has 166 valence electrons. The Labute approximate surface area is 190 Å². The number of carbonyl (C=O) groups is 2. The van der Waals surface area contributed by atoms with Crippen LogP contribution in [0.5, 0.6) is 0 Å². The van der Waals surface area contributed by atoms with Crippen molar-refractivity contribution in [3.8, 4) is 0 Å². The van der Waals surface area contributed by atoms with Crippen molar-refractivity contribution in [1.29, 1.82) is 0 Å². The van der Waals surface area contributed by atoms with Crippen LogP contribution >= 0.6 is 0 Å². The van der Waals surface area contributed by atoms with Gasteiger partial charge >= 0.3 is 6.03 Å². The number of rotatable bonds is 8. The predicted molar refractivity (Wildman–Crippen MR) is 129 cm³/mol. The molecular formula is C27H31N3O2. The molecule has 3 amide bonds. The Morgan fingerprint density at radius 2 is 1.41 bits per heavy atom. The summed E-state index contributed by atoms with van der Waals surface area (Å²) in [4.78, 5) is 27.3. The molecule has 1 atom stereocenters. The van der Waals surface area contributed by atoms with E-state index in [1.54, 1.807) is 4.90 Å². The van der Waals surface area contributed by atoms with E-state index in [1.165, 1.54) is 0 Å². The SMILES string of the molecule is CC(C)NC(=O)N(Cc1ccccc1)c1cccc(CC(=O)NC(C)c2ccccc2)c1. The van der Waals surface area contributed by atoms with Crippen molar-refractivity contribution in [3.05, 3.63) is 102 Å². The smallest absolute Gasteiger partial charge is 0.322 e. The van der Waals surface area contributed by atoms with Gasteiger partial charge in [0.15, 0.2) is 0 Å². The van der Waals surface area contributed by atoms with Crippen molar-refractivity contribution in [2.45, 2.75) is 45.8 Å². The van der Waals surface area contributed by atoms with Crippen LogP contribution in [0.3, 0.4) is 0 Å². The Bertz CT molecular complexity index is 1020. The van der Waals surface area contributed by atoms with Gasteiger partial charge in [-0.1, -0.05) is 72.8 Å². The second-order valence-electron chi connectivity index (χ2n) is 8.22. The second kappa shape index (κ2) is 11.1. The van der Waals surface area contributed by atoms with E-state index in [2.05, 4.69) is 10.6 Å². The van der Waals surface area contributed by atoms with Crippen LogP contribution in [0.4, 0.5) is 10.5 Å². The van der Waals surface area contributed by atoms with Gasteiger partial charge in [-0.3, -0.25) is 9.69 Å². The highest BCUT2D eigenvalue weighted by molar-refractivity contribution is 5.92. The maximum absolute atomic E-state index is 12.9. The number of nitrogens with zero attached hydrogens (tertiary/aromatic N) is 1. The summed E-state index contributed by atoms with van der Waals surface area (Å²) in [5.74, 6) is -0.0558. The van der Waals surface area contributed by atoms with Crippen LogP contribution in [-0.4, -0.2) is 18.0 Å². The monoisotopic (exact) mass is 429 g/mol. The first kappa shape index (κ1) is 23.1. The van der Waals surface area contributed by atoms with Gasteiger partial charge in [-0.15, -0.1) is 0 Å². The van der Waals surface area contributed by atoms with Gasteiger partial charge in [-0.2, -0.15) is 0 Å². The van der Waals surface area contributed by atoms with E-state index in [9.17, 15) is 9.59 Å². The van der Waals surface area contributed by atoms with Crippen LogP contribution in [0.25, 0.3) is 0 Å². The summed E-state index contributed by atoms with van der Waals surface area (Å²) >= 11 is 0. The van der Waals surface area contributed by atoms with Gasteiger partial charge in [0.2, 0.25) is 5.91 Å². The first-order chi connectivity index (χ1) is 15.4. The first-order valence-electron chi connectivity index (χ1n) is 11.0. The molecule has 0 saturated carbocycles. The molecule has 2 N–H and O–H groups in total. The molecule has 3 aromatic carbocycles. The summed E-state index contributed by atoms with van der Waals surface area (Å²) in [6.07, 6.45) is 0.246. The third-order valence-corrected chi connectivity index (χ3v) is 5.10. The van der Waals surface area contributed by atoms with Gasteiger partial charge in [0.1, 0.15) is 0 Å². The lowest BCUT2D eigenvalue weighted by Crippen LogP contribution is -2.42. The number of carbonyl (C=O) groups excluding carboxylic acids is 2. The zero-order valence-corrected chi connectivity index (χ0v) is 18.9. The van der Waals surface area contributed by atoms with Crippen molar-refractivity contribution in [2.24, 2.45) is 0 Å². The molecule has 0 saturated heterocycles. The standard InChI is InChI=1S/C27H31N3O2/c1-20(2)28-27(32)30(19-22-11-6-4-7-12-22)25-16-10-13-23(17-25)18-26(31)29-21(3)24-14-8-5-9-15-24/h4-17,20-21H,18-19H2,1-3H3,(H,28,32)(H,29,31). The molecule has 0 spiro atoms. The third-order valence-electron chi connectivity index (χ3n) is 5.10. The van der Waals surface area contributed by atoms with E-state index in [0.29, 0.717) is 6.54 Å². The molecule has 3 rings (SSSR count). The van der Waals surface area contributed by atoms with Crippen LogP contribution in [-0.2, 0) is 17.8 Å². The summed E-state index contributed by atoms with van der Waals surface area (Å²) in [5.41, 5.74) is 3.71. The maximum atomic E-state index is 12.9. The molecule has 5 heteroatoms. The normalized spacial score (nSPS) is 11.6. The third kappa shape index (κ3) is 6.71. The summed E-state index contributed by atoms with van der Waals surface area (Å²) in [5, 5.41) is 6.02. The Hall–Kier alpha value is -3.60. The van der Waals surface area contributed by atoms with E-state index in [0.717, 1.165) is 22.4 Å². The lowest BCUT2D eigenvalue weighted by molar-refractivity contribution is -0.121. The first-order valence-corrected chi connectivity index (χ1v) is 11.0. The van der Waals surface area contributed by atoms with Crippen molar-refractivity contribution in [1.82, 2.24) is 10.6 Å². The Balaban J connectivity index is 1.74. The molecule has 32 heavy (non-hydrogen) atoms. The van der Waals surface area contributed by atoms with Crippen LogP contribution in [0.2, 0.25) is 0 Å². The van der Waals surface area contributed by atoms with Crippen molar-refractivity contribution in [2.75, 3.05) is 4.90 Å². The minimum Gasteiger partial charge on any atom is -0.349 e. The number of anilines is 1. The Kier molecular flexibility index (Phi) is 8.03. The average Bonchev–Trinajstić information content (AvgIpc) is 2.78. The van der Waals surface area contributed by atoms with Crippen LogP contribution < -0.4 is 15.5 Å². The largest absolute Gasteiger partial charge is 0.349 e. The topological polar surface area (TPSA) is 61.4 Å². The molecule has 0 heterocycles. The van der Waals surface area contributed by atoms with Crippen molar-refractivity contribution >= 4 is 17.6 Å². The van der Waals surface area contributed by atoms with E-state index >= 15 is 0 Å². The Morgan fingerprint density at radius 1 is 0.781 bits per heavy atom. The number of benzene rings is 3. The maximum Gasteiger partial charge on any atom is 0.322 e. The van der Waals surface area contributed by atoms with Gasteiger partial charge in [0, 0.05) is 11.7 Å². The number of hydrogen-bond donors (Lipinski definition) is 2. The van der Waals surface area contributed by atoms with Crippen molar-refractivity contribution < 1.29 is 9.59 Å². The molecule has 0 bridgehead atoms. The zero-order valence-electron chi connectivity index (χ0n) is 18.9. The fraction of sp³-hybridized carbons (Fsp3) is 0.259. The summed E-state index contributed by atoms with van der Waals surface area (Å²) < 4.78 is 0. The zero-order chi connectivity index (χ0) is 22.9. The summed E-state index contributed by atoms with van der Waals surface area (Å²) in [6.45, 7) is 6.29. The Morgan fingerprint density at radius 3 is 2.06 bits per heavy atom. The van der Waals surface area contributed by atoms with Gasteiger partial charge in [0.05, 0.1) is 19.0 Å². The fourth-order valence-corrected chi connectivity index (χ4v) is 3.51. The average molecular weight is 430 g/mol. The molecule has 0 aromatic heterocycles. The molecule has 5 nitrogen and oxygen atoms in total. The highest BCUT2D eigenvalue weighted by Crippen LogP contribution is 2.20. The highest BCUT2D eigenvalue weighted by atomic mass is 16.2. The van der Waals surface area contributed by atoms with E-state index in [4.69, 9.17) is 0 Å². The van der Waals surface area contributed by atoms with Gasteiger partial charge in [-0.05, 0) is 49.6 Å². The van der Waals surface area contributed by atoms with Crippen LogP contribution in [0.15, 0.2) is 84.9 Å². The number of urea groups is 1. The quantitative estimate of drug-likeness (QED) is 0.515. The predicted octanol–water partition coefficient (Wildman–Crippen LogP) is 5.23. The summed E-state index contributed by atoms with van der Waals surface area (Å²) in [7, 11) is 0. The highest BCUT2D eigenvalue weighted by Gasteiger charge is 2.18. The van der Waals surface area contributed by atoms with E-state index < -0.39 is 0 Å². The van der Waals surface area contributed by atoms with E-state index in [-0.39, 0.29) is 30.4 Å². The van der Waals surface area contributed by atoms with Crippen molar-refractivity contribution in [3.63, 3.8) is 0 Å². The van der Waals surface area contributed by atoms with Gasteiger partial charge < -0.3 is 10.6 Å². The minimum atomic E-state index is -0.164. The number of nitrogens with one attached hydrogen (secondary N) is 2. The lowest BCUT2D eigenvalue weighted by Gasteiger charge is -2.25. The van der Waals surface area contributed by atoms with Crippen LogP contribution in [0.1, 0.15) is 43.5 Å². The van der Waals surface area contributed by atoms with Gasteiger partial charge in [-0.25, -0.2) is 4.79 Å². The fourth-order valence-electron chi connectivity index (χ4n) is 3.51. The molecule has 0 fully saturated rings. The molecular weight excluding hydrogens is 398 g/mol. The van der Waals surface area contributed by atoms with Gasteiger partial charge in [0.25, 0.3) is 0 Å².